The van der Waals surface area contributed by atoms with Gasteiger partial charge in [0, 0.05) is 0 Å². The zero-order chi connectivity index (χ0) is 7.98. The Balaban J connectivity index is 3.26. The molecular weight excluding hydrogens is 243 g/mol. The maximum atomic E-state index is 10.8. The van der Waals surface area contributed by atoms with Gasteiger partial charge in [-0.3, -0.25) is 0 Å². The topological polar surface area (TPSA) is 26.3 Å². The third-order valence-electron chi connectivity index (χ3n) is 0.721. The standard InChI is InChI=1S/C7H14IO2/c1-4-5-8-7(9)10-6(2)3/h6H,4-5H2,1-3H3/q-1. The molecule has 0 aliphatic heterocycles. The van der Waals surface area contributed by atoms with Crippen LogP contribution in [0.3, 0.4) is 0 Å². The molecule has 3 heteroatoms. The van der Waals surface area contributed by atoms with Crippen molar-refractivity contribution in [2.45, 2.75) is 33.3 Å². The zero-order valence-corrected chi connectivity index (χ0v) is 8.84. The van der Waals surface area contributed by atoms with E-state index in [1.54, 1.807) is 0 Å². The number of hydrogen-bond donors (Lipinski definition) is 0. The first-order valence-corrected chi connectivity index (χ1v) is 6.07. The second-order valence-corrected chi connectivity index (χ2v) is 4.95. The summed E-state index contributed by atoms with van der Waals surface area (Å²) < 4.78 is 6.05. The summed E-state index contributed by atoms with van der Waals surface area (Å²) in [4.78, 5) is 10.8. The Hall–Kier alpha value is 0.200. The molecule has 0 unspecified atom stereocenters. The number of hydrogen-bond acceptors (Lipinski definition) is 2. The van der Waals surface area contributed by atoms with E-state index < -0.39 is 0 Å². The van der Waals surface area contributed by atoms with Crippen molar-refractivity contribution in [3.8, 4) is 0 Å². The summed E-state index contributed by atoms with van der Waals surface area (Å²) in [6.45, 7) is 5.85. The van der Waals surface area contributed by atoms with E-state index in [0.29, 0.717) is 0 Å². The van der Waals surface area contributed by atoms with Gasteiger partial charge in [0.05, 0.1) is 0 Å². The van der Waals surface area contributed by atoms with Gasteiger partial charge in [-0.05, 0) is 0 Å². The summed E-state index contributed by atoms with van der Waals surface area (Å²) in [5.41, 5.74) is 0. The number of alkyl halides is 1. The van der Waals surface area contributed by atoms with Gasteiger partial charge >= 0.3 is 72.4 Å². The van der Waals surface area contributed by atoms with E-state index in [0.717, 1.165) is 10.8 Å². The van der Waals surface area contributed by atoms with Crippen LogP contribution >= 0.6 is 0 Å². The van der Waals surface area contributed by atoms with Crippen LogP contribution in [-0.4, -0.2) is 14.5 Å². The van der Waals surface area contributed by atoms with Gasteiger partial charge in [0.2, 0.25) is 0 Å². The Morgan fingerprint density at radius 2 is 2.20 bits per heavy atom. The molecule has 10 heavy (non-hydrogen) atoms. The molecule has 0 rings (SSSR count). The van der Waals surface area contributed by atoms with Crippen LogP contribution in [0.4, 0.5) is 4.79 Å². The van der Waals surface area contributed by atoms with Crippen molar-refractivity contribution in [1.29, 1.82) is 0 Å². The van der Waals surface area contributed by atoms with E-state index in [1.807, 2.05) is 13.8 Å². The van der Waals surface area contributed by atoms with Crippen LogP contribution < -0.4 is 21.2 Å². The van der Waals surface area contributed by atoms with Crippen molar-refractivity contribution < 1.29 is 30.7 Å². The minimum absolute atomic E-state index is 0.0376. The number of halogens is 1. The molecule has 0 saturated carbocycles. The predicted octanol–water partition coefficient (Wildman–Crippen LogP) is -0.970. The average Bonchev–Trinajstić information content (AvgIpc) is 1.82. The molecule has 0 aromatic carbocycles. The Bertz CT molecular complexity index is 102. The third kappa shape index (κ3) is 6.32. The predicted molar refractivity (Wildman–Crippen MR) is 36.8 cm³/mol. The van der Waals surface area contributed by atoms with Crippen LogP contribution in [-0.2, 0) is 4.74 Å². The molecule has 62 valence electrons. The van der Waals surface area contributed by atoms with Crippen LogP contribution in [0.5, 0.6) is 0 Å². The second kappa shape index (κ2) is 5.95. The molecule has 0 bridgehead atoms. The van der Waals surface area contributed by atoms with Crippen LogP contribution in [0.2, 0.25) is 0 Å². The maximum absolute atomic E-state index is 10.8. The number of rotatable bonds is 4. The third-order valence-corrected chi connectivity index (χ3v) is 3.22. The number of carbonyl (C=O) groups excluding carboxylic acids is 1. The first-order chi connectivity index (χ1) is 4.66. The monoisotopic (exact) mass is 257 g/mol. The van der Waals surface area contributed by atoms with Crippen LogP contribution in [0, 0.1) is 0 Å². The van der Waals surface area contributed by atoms with Crippen molar-refractivity contribution in [1.82, 2.24) is 0 Å². The van der Waals surface area contributed by atoms with Crippen molar-refractivity contribution in [3.63, 3.8) is 0 Å². The van der Waals surface area contributed by atoms with Gasteiger partial charge in [-0.25, -0.2) is 0 Å². The fourth-order valence-electron chi connectivity index (χ4n) is 0.388. The van der Waals surface area contributed by atoms with E-state index in [1.165, 1.54) is 0 Å². The van der Waals surface area contributed by atoms with E-state index in [-0.39, 0.29) is 31.3 Å². The quantitative estimate of drug-likeness (QED) is 0.368. The summed E-state index contributed by atoms with van der Waals surface area (Å²) in [5.74, 6) is 0. The SMILES string of the molecule is CCC[I-]C(=O)OC(C)C. The fraction of sp³-hybridized carbons (Fsp3) is 0.857. The van der Waals surface area contributed by atoms with Crippen LogP contribution in [0.15, 0.2) is 0 Å². The van der Waals surface area contributed by atoms with E-state index in [9.17, 15) is 4.79 Å². The minimum atomic E-state index is -0.333. The fourth-order valence-corrected chi connectivity index (χ4v) is 2.06. The Labute approximate surface area is 72.6 Å². The molecule has 0 aliphatic carbocycles. The summed E-state index contributed by atoms with van der Waals surface area (Å²) >= 11 is -0.333. The van der Waals surface area contributed by atoms with E-state index in [4.69, 9.17) is 4.74 Å². The van der Waals surface area contributed by atoms with Gasteiger partial charge in [0.1, 0.15) is 0 Å². The molecule has 0 heterocycles. The van der Waals surface area contributed by atoms with Crippen molar-refractivity contribution in [2.75, 3.05) is 4.43 Å². The zero-order valence-electron chi connectivity index (χ0n) is 6.69. The molecular formula is C7H14IO2-. The van der Waals surface area contributed by atoms with Gasteiger partial charge in [0.15, 0.2) is 0 Å². The van der Waals surface area contributed by atoms with Gasteiger partial charge in [-0.1, -0.05) is 0 Å². The Kier molecular flexibility index (Phi) is 6.06. The molecule has 0 saturated heterocycles. The molecule has 0 spiro atoms. The summed E-state index contributed by atoms with van der Waals surface area (Å²) in [7, 11) is 0. The second-order valence-electron chi connectivity index (χ2n) is 2.23. The Morgan fingerprint density at radius 3 is 2.60 bits per heavy atom. The van der Waals surface area contributed by atoms with E-state index >= 15 is 0 Å². The summed E-state index contributed by atoms with van der Waals surface area (Å²) in [6, 6.07) is 0. The molecule has 0 aliphatic rings. The molecule has 0 radical (unpaired) electrons. The average molecular weight is 257 g/mol. The van der Waals surface area contributed by atoms with Crippen LogP contribution in [0.25, 0.3) is 0 Å². The molecule has 0 N–H and O–H groups in total. The number of carbonyl (C=O) groups is 1. The molecule has 0 fully saturated rings. The first-order valence-electron chi connectivity index (χ1n) is 3.46. The molecule has 2 nitrogen and oxygen atoms in total. The Morgan fingerprint density at radius 1 is 1.60 bits per heavy atom. The molecule has 0 amide bonds. The van der Waals surface area contributed by atoms with Gasteiger partial charge in [-0.15, -0.1) is 0 Å². The molecule has 0 aromatic rings. The van der Waals surface area contributed by atoms with Crippen molar-refractivity contribution in [3.05, 3.63) is 0 Å². The van der Waals surface area contributed by atoms with Crippen LogP contribution in [0.1, 0.15) is 27.2 Å². The molecule has 0 atom stereocenters. The van der Waals surface area contributed by atoms with Gasteiger partial charge < -0.3 is 0 Å². The van der Waals surface area contributed by atoms with Crippen molar-refractivity contribution >= 4 is 3.98 Å². The van der Waals surface area contributed by atoms with E-state index in [2.05, 4.69) is 6.92 Å². The summed E-state index contributed by atoms with van der Waals surface area (Å²) in [5, 5.41) is 0. The van der Waals surface area contributed by atoms with Gasteiger partial charge in [0.25, 0.3) is 0 Å². The normalized spacial score (nSPS) is 10.4. The molecule has 0 aromatic heterocycles. The van der Waals surface area contributed by atoms with Gasteiger partial charge in [-0.2, -0.15) is 0 Å². The van der Waals surface area contributed by atoms with Crippen molar-refractivity contribution in [2.24, 2.45) is 0 Å². The number of ether oxygens (including phenoxy) is 1. The summed E-state index contributed by atoms with van der Waals surface area (Å²) in [6.07, 6.45) is 1.16. The first kappa shape index (κ1) is 10.2.